The van der Waals surface area contributed by atoms with Gasteiger partial charge in [0.05, 0.1) is 0 Å². The van der Waals surface area contributed by atoms with Crippen LogP contribution in [-0.4, -0.2) is 30.1 Å². The molecule has 0 bridgehead atoms. The summed E-state index contributed by atoms with van der Waals surface area (Å²) in [6.45, 7) is 6.82. The molecule has 3 heteroatoms. The van der Waals surface area contributed by atoms with Gasteiger partial charge in [-0.2, -0.15) is 0 Å². The highest BCUT2D eigenvalue weighted by Crippen LogP contribution is 2.22. The van der Waals surface area contributed by atoms with Crippen LogP contribution in [0.1, 0.15) is 25.8 Å². The summed E-state index contributed by atoms with van der Waals surface area (Å²) in [5.41, 5.74) is 7.41. The molecule has 2 rings (SSSR count). The standard InChI is InChI=1S/C15H23BrN2/c1-11(9-13-3-5-15(16)6-4-13)18-8-7-14(10-18)12(2)17/h3-6,11-12,14H,7-10,17H2,1-2H3. The minimum atomic E-state index is 0.329. The van der Waals surface area contributed by atoms with Crippen LogP contribution in [0.3, 0.4) is 0 Å². The molecule has 0 aromatic heterocycles. The molecule has 0 aliphatic carbocycles. The number of benzene rings is 1. The lowest BCUT2D eigenvalue weighted by Crippen LogP contribution is -2.35. The summed E-state index contributed by atoms with van der Waals surface area (Å²) in [7, 11) is 0. The van der Waals surface area contributed by atoms with Crippen molar-refractivity contribution in [2.45, 2.75) is 38.8 Å². The maximum absolute atomic E-state index is 6.00. The predicted molar refractivity (Wildman–Crippen MR) is 80.6 cm³/mol. The molecule has 3 atom stereocenters. The molecule has 1 aliphatic heterocycles. The molecular weight excluding hydrogens is 288 g/mol. The van der Waals surface area contributed by atoms with E-state index in [0.717, 1.165) is 17.4 Å². The van der Waals surface area contributed by atoms with Gasteiger partial charge in [0.2, 0.25) is 0 Å². The van der Waals surface area contributed by atoms with Crippen LogP contribution >= 0.6 is 15.9 Å². The molecule has 100 valence electrons. The first-order valence-electron chi connectivity index (χ1n) is 6.80. The molecule has 1 aromatic rings. The number of hydrogen-bond donors (Lipinski definition) is 1. The fourth-order valence-electron chi connectivity index (χ4n) is 2.74. The van der Waals surface area contributed by atoms with Crippen molar-refractivity contribution in [2.24, 2.45) is 11.7 Å². The Morgan fingerprint density at radius 2 is 2.00 bits per heavy atom. The first-order valence-corrected chi connectivity index (χ1v) is 7.59. The molecule has 1 saturated heterocycles. The van der Waals surface area contributed by atoms with E-state index in [1.165, 1.54) is 18.5 Å². The summed E-state index contributed by atoms with van der Waals surface area (Å²) in [6.07, 6.45) is 2.38. The van der Waals surface area contributed by atoms with Crippen molar-refractivity contribution in [1.29, 1.82) is 0 Å². The van der Waals surface area contributed by atoms with Crippen LogP contribution in [0.15, 0.2) is 28.7 Å². The van der Waals surface area contributed by atoms with Gasteiger partial charge in [-0.1, -0.05) is 28.1 Å². The molecule has 1 heterocycles. The van der Waals surface area contributed by atoms with Gasteiger partial charge in [-0.25, -0.2) is 0 Å². The lowest BCUT2D eigenvalue weighted by molar-refractivity contribution is 0.243. The molecule has 18 heavy (non-hydrogen) atoms. The lowest BCUT2D eigenvalue weighted by Gasteiger charge is -2.25. The lowest BCUT2D eigenvalue weighted by atomic mass is 10.0. The Morgan fingerprint density at radius 1 is 1.33 bits per heavy atom. The summed E-state index contributed by atoms with van der Waals surface area (Å²) < 4.78 is 1.15. The van der Waals surface area contributed by atoms with Gasteiger partial charge in [0, 0.05) is 23.1 Å². The third-order valence-corrected chi connectivity index (χ3v) is 4.60. The first-order chi connectivity index (χ1) is 8.56. The average molecular weight is 311 g/mol. The van der Waals surface area contributed by atoms with Gasteiger partial charge in [0.25, 0.3) is 0 Å². The van der Waals surface area contributed by atoms with Gasteiger partial charge < -0.3 is 5.73 Å². The molecule has 2 nitrogen and oxygen atoms in total. The van der Waals surface area contributed by atoms with E-state index in [0.29, 0.717) is 18.0 Å². The third kappa shape index (κ3) is 3.56. The molecule has 0 saturated carbocycles. The van der Waals surface area contributed by atoms with Gasteiger partial charge >= 0.3 is 0 Å². The van der Waals surface area contributed by atoms with Gasteiger partial charge in [-0.3, -0.25) is 4.90 Å². The minimum Gasteiger partial charge on any atom is -0.328 e. The third-order valence-electron chi connectivity index (χ3n) is 4.07. The quantitative estimate of drug-likeness (QED) is 0.926. The van der Waals surface area contributed by atoms with Crippen LogP contribution in [-0.2, 0) is 6.42 Å². The second-order valence-corrected chi connectivity index (χ2v) is 6.50. The van der Waals surface area contributed by atoms with E-state index in [2.05, 4.69) is 58.9 Å². The zero-order chi connectivity index (χ0) is 13.1. The zero-order valence-corrected chi connectivity index (χ0v) is 12.9. The van der Waals surface area contributed by atoms with Crippen molar-refractivity contribution in [3.8, 4) is 0 Å². The number of halogens is 1. The van der Waals surface area contributed by atoms with E-state index in [1.54, 1.807) is 0 Å². The van der Waals surface area contributed by atoms with Gasteiger partial charge in [0.1, 0.15) is 0 Å². The molecule has 1 fully saturated rings. The summed E-state index contributed by atoms with van der Waals surface area (Å²) in [6, 6.07) is 9.59. The predicted octanol–water partition coefficient (Wildman–Crippen LogP) is 3.05. The first kappa shape index (κ1) is 14.0. The Balaban J connectivity index is 1.89. The van der Waals surface area contributed by atoms with Crippen molar-refractivity contribution in [3.63, 3.8) is 0 Å². The van der Waals surface area contributed by atoms with E-state index in [1.807, 2.05) is 0 Å². The van der Waals surface area contributed by atoms with E-state index < -0.39 is 0 Å². The normalized spacial score (nSPS) is 24.1. The summed E-state index contributed by atoms with van der Waals surface area (Å²) in [5.74, 6) is 0.678. The van der Waals surface area contributed by atoms with Gasteiger partial charge in [-0.05, 0) is 56.8 Å². The van der Waals surface area contributed by atoms with E-state index in [9.17, 15) is 0 Å². The molecule has 0 amide bonds. The number of rotatable bonds is 4. The molecule has 0 spiro atoms. The van der Waals surface area contributed by atoms with Crippen molar-refractivity contribution >= 4 is 15.9 Å². The van der Waals surface area contributed by atoms with Gasteiger partial charge in [-0.15, -0.1) is 0 Å². The van der Waals surface area contributed by atoms with Crippen LogP contribution in [0.2, 0.25) is 0 Å². The van der Waals surface area contributed by atoms with Crippen LogP contribution in [0.4, 0.5) is 0 Å². The minimum absolute atomic E-state index is 0.329. The Hall–Kier alpha value is -0.380. The molecule has 1 aromatic carbocycles. The van der Waals surface area contributed by atoms with Crippen LogP contribution < -0.4 is 5.73 Å². The molecule has 1 aliphatic rings. The second kappa shape index (κ2) is 6.18. The Morgan fingerprint density at radius 3 is 2.56 bits per heavy atom. The number of hydrogen-bond acceptors (Lipinski definition) is 2. The van der Waals surface area contributed by atoms with E-state index >= 15 is 0 Å². The number of nitrogens with zero attached hydrogens (tertiary/aromatic N) is 1. The molecular formula is C15H23BrN2. The Bertz CT molecular complexity index is 375. The number of likely N-dealkylation sites (tertiary alicyclic amines) is 1. The van der Waals surface area contributed by atoms with Crippen molar-refractivity contribution in [1.82, 2.24) is 4.90 Å². The zero-order valence-electron chi connectivity index (χ0n) is 11.3. The van der Waals surface area contributed by atoms with Crippen molar-refractivity contribution in [2.75, 3.05) is 13.1 Å². The SMILES string of the molecule is CC(N)C1CCN(C(C)Cc2ccc(Br)cc2)C1. The summed E-state index contributed by atoms with van der Waals surface area (Å²) in [5, 5.41) is 0. The average Bonchev–Trinajstić information content (AvgIpc) is 2.81. The maximum atomic E-state index is 6.00. The Kier molecular flexibility index (Phi) is 4.82. The van der Waals surface area contributed by atoms with Crippen molar-refractivity contribution < 1.29 is 0 Å². The second-order valence-electron chi connectivity index (χ2n) is 5.58. The van der Waals surface area contributed by atoms with Crippen LogP contribution in [0, 0.1) is 5.92 Å². The largest absolute Gasteiger partial charge is 0.328 e. The molecule has 3 unspecified atom stereocenters. The van der Waals surface area contributed by atoms with Crippen LogP contribution in [0.25, 0.3) is 0 Å². The molecule has 0 radical (unpaired) electrons. The maximum Gasteiger partial charge on any atom is 0.0175 e. The van der Waals surface area contributed by atoms with E-state index in [-0.39, 0.29) is 0 Å². The monoisotopic (exact) mass is 310 g/mol. The summed E-state index contributed by atoms with van der Waals surface area (Å²) in [4.78, 5) is 2.58. The smallest absolute Gasteiger partial charge is 0.0175 e. The highest BCUT2D eigenvalue weighted by atomic mass is 79.9. The van der Waals surface area contributed by atoms with Gasteiger partial charge in [0.15, 0.2) is 0 Å². The van der Waals surface area contributed by atoms with E-state index in [4.69, 9.17) is 5.73 Å². The fourth-order valence-corrected chi connectivity index (χ4v) is 3.00. The highest BCUT2D eigenvalue weighted by molar-refractivity contribution is 9.10. The fraction of sp³-hybridized carbons (Fsp3) is 0.600. The number of nitrogens with two attached hydrogens (primary N) is 1. The van der Waals surface area contributed by atoms with Crippen molar-refractivity contribution in [3.05, 3.63) is 34.3 Å². The highest BCUT2D eigenvalue weighted by Gasteiger charge is 2.27. The molecule has 2 N–H and O–H groups in total. The topological polar surface area (TPSA) is 29.3 Å². The Labute approximate surface area is 119 Å². The summed E-state index contributed by atoms with van der Waals surface area (Å²) >= 11 is 3.48. The van der Waals surface area contributed by atoms with Crippen LogP contribution in [0.5, 0.6) is 0 Å².